The number of phenols is 1. The Bertz CT molecular complexity index is 653. The second-order valence-electron chi connectivity index (χ2n) is 4.06. The molecule has 2 rings (SSSR count). The number of aryl methyl sites for hydroxylation is 1. The molecular weight excluding hydrogens is 232 g/mol. The number of benzene rings is 1. The highest BCUT2D eigenvalue weighted by Gasteiger charge is 2.03. The van der Waals surface area contributed by atoms with E-state index in [1.807, 2.05) is 6.92 Å². The molecule has 0 unspecified atom stereocenters. The molecule has 94 valence electrons. The van der Waals surface area contributed by atoms with Gasteiger partial charge in [-0.25, -0.2) is 4.79 Å². The number of H-pyrrole nitrogens is 1. The highest BCUT2D eigenvalue weighted by atomic mass is 16.3. The second kappa shape index (κ2) is 4.91. The molecule has 18 heavy (non-hydrogen) atoms. The third kappa shape index (κ3) is 2.51. The van der Waals surface area contributed by atoms with Crippen molar-refractivity contribution in [1.29, 1.82) is 0 Å². The fourth-order valence-corrected chi connectivity index (χ4v) is 1.72. The van der Waals surface area contributed by atoms with Gasteiger partial charge >= 0.3 is 5.69 Å². The first-order valence-electron chi connectivity index (χ1n) is 5.70. The topological polar surface area (TPSA) is 75.1 Å². The fourth-order valence-electron chi connectivity index (χ4n) is 1.72. The summed E-state index contributed by atoms with van der Waals surface area (Å²) in [6.07, 6.45) is 2.15. The van der Waals surface area contributed by atoms with Gasteiger partial charge in [-0.1, -0.05) is 19.1 Å². The van der Waals surface area contributed by atoms with E-state index in [2.05, 4.69) is 4.98 Å². The standard InChI is InChI=1S/C13H14N2O3/c1-2-10-8-15(13(18)14-12(10)17)7-9-3-5-11(16)6-4-9/h3-6,8,16H,2,7H2,1H3,(H,14,17,18). The van der Waals surface area contributed by atoms with Gasteiger partial charge in [-0.2, -0.15) is 0 Å². The molecule has 0 radical (unpaired) electrons. The van der Waals surface area contributed by atoms with Crippen LogP contribution in [0.3, 0.4) is 0 Å². The summed E-state index contributed by atoms with van der Waals surface area (Å²) in [6, 6.07) is 6.59. The molecule has 5 heteroatoms. The number of phenolic OH excluding ortho intramolecular Hbond substituents is 1. The monoisotopic (exact) mass is 246 g/mol. The number of aromatic amines is 1. The van der Waals surface area contributed by atoms with Crippen LogP contribution in [0.4, 0.5) is 0 Å². The average molecular weight is 246 g/mol. The number of rotatable bonds is 3. The van der Waals surface area contributed by atoms with E-state index >= 15 is 0 Å². The van der Waals surface area contributed by atoms with Gasteiger partial charge in [0.05, 0.1) is 6.54 Å². The maximum absolute atomic E-state index is 11.6. The van der Waals surface area contributed by atoms with Crippen molar-refractivity contribution in [3.63, 3.8) is 0 Å². The first-order chi connectivity index (χ1) is 8.60. The maximum atomic E-state index is 11.6. The van der Waals surface area contributed by atoms with Crippen LogP contribution >= 0.6 is 0 Å². The van der Waals surface area contributed by atoms with Crippen molar-refractivity contribution < 1.29 is 5.11 Å². The van der Waals surface area contributed by atoms with Crippen LogP contribution in [0.1, 0.15) is 18.1 Å². The molecule has 0 bridgehead atoms. The lowest BCUT2D eigenvalue weighted by Crippen LogP contribution is -2.31. The molecule has 0 saturated heterocycles. The number of hydrogen-bond donors (Lipinski definition) is 2. The Balaban J connectivity index is 2.37. The lowest BCUT2D eigenvalue weighted by atomic mass is 10.2. The van der Waals surface area contributed by atoms with E-state index in [9.17, 15) is 14.7 Å². The van der Waals surface area contributed by atoms with Crippen LogP contribution in [0.5, 0.6) is 5.75 Å². The van der Waals surface area contributed by atoms with Crippen LogP contribution in [-0.2, 0) is 13.0 Å². The maximum Gasteiger partial charge on any atom is 0.328 e. The molecule has 0 atom stereocenters. The fraction of sp³-hybridized carbons (Fsp3) is 0.231. The summed E-state index contributed by atoms with van der Waals surface area (Å²) in [5, 5.41) is 9.18. The SMILES string of the molecule is CCc1cn(Cc2ccc(O)cc2)c(=O)[nH]c1=O. The van der Waals surface area contributed by atoms with E-state index in [0.717, 1.165) is 5.56 Å². The summed E-state index contributed by atoms with van der Waals surface area (Å²) in [5.41, 5.74) is 0.701. The minimum absolute atomic E-state index is 0.182. The van der Waals surface area contributed by atoms with Gasteiger partial charge < -0.3 is 5.11 Å². The zero-order valence-corrected chi connectivity index (χ0v) is 10.0. The minimum atomic E-state index is -0.426. The zero-order chi connectivity index (χ0) is 13.1. The van der Waals surface area contributed by atoms with Crippen molar-refractivity contribution in [2.24, 2.45) is 0 Å². The molecule has 2 N–H and O–H groups in total. The highest BCUT2D eigenvalue weighted by Crippen LogP contribution is 2.10. The van der Waals surface area contributed by atoms with Crippen LogP contribution in [0.15, 0.2) is 40.1 Å². The molecule has 1 aromatic carbocycles. The Morgan fingerprint density at radius 1 is 1.22 bits per heavy atom. The molecule has 0 aliphatic rings. The van der Waals surface area contributed by atoms with Crippen molar-refractivity contribution >= 4 is 0 Å². The van der Waals surface area contributed by atoms with Crippen LogP contribution in [-0.4, -0.2) is 14.7 Å². The van der Waals surface area contributed by atoms with Gasteiger partial charge in [0.2, 0.25) is 0 Å². The van der Waals surface area contributed by atoms with Gasteiger partial charge in [0.25, 0.3) is 5.56 Å². The number of nitrogens with zero attached hydrogens (tertiary/aromatic N) is 1. The molecule has 5 nitrogen and oxygen atoms in total. The van der Waals surface area contributed by atoms with Crippen LogP contribution < -0.4 is 11.2 Å². The second-order valence-corrected chi connectivity index (χ2v) is 4.06. The predicted molar refractivity (Wildman–Crippen MR) is 67.9 cm³/mol. The van der Waals surface area contributed by atoms with Crippen molar-refractivity contribution in [3.8, 4) is 5.75 Å². The lowest BCUT2D eigenvalue weighted by molar-refractivity contribution is 0.475. The third-order valence-corrected chi connectivity index (χ3v) is 2.75. The lowest BCUT2D eigenvalue weighted by Gasteiger charge is -2.07. The van der Waals surface area contributed by atoms with Crippen molar-refractivity contribution in [1.82, 2.24) is 9.55 Å². The number of nitrogens with one attached hydrogen (secondary N) is 1. The van der Waals surface area contributed by atoms with Gasteiger partial charge in [-0.15, -0.1) is 0 Å². The van der Waals surface area contributed by atoms with E-state index in [4.69, 9.17) is 0 Å². The summed E-state index contributed by atoms with van der Waals surface area (Å²) in [7, 11) is 0. The number of hydrogen-bond acceptors (Lipinski definition) is 3. The molecule has 0 saturated carbocycles. The van der Waals surface area contributed by atoms with E-state index in [1.54, 1.807) is 30.5 Å². The molecule has 0 aliphatic carbocycles. The van der Waals surface area contributed by atoms with E-state index in [0.29, 0.717) is 18.5 Å². The summed E-state index contributed by atoms with van der Waals surface area (Å²) in [5.74, 6) is 0.182. The molecule has 2 aromatic rings. The summed E-state index contributed by atoms with van der Waals surface area (Å²) >= 11 is 0. The summed E-state index contributed by atoms with van der Waals surface area (Å²) in [4.78, 5) is 25.3. The van der Waals surface area contributed by atoms with Crippen molar-refractivity contribution in [2.75, 3.05) is 0 Å². The first kappa shape index (κ1) is 12.2. The van der Waals surface area contributed by atoms with Gasteiger partial charge in [0.15, 0.2) is 0 Å². The van der Waals surface area contributed by atoms with Gasteiger partial charge in [0.1, 0.15) is 5.75 Å². The molecular formula is C13H14N2O3. The molecule has 0 spiro atoms. The largest absolute Gasteiger partial charge is 0.508 e. The molecule has 0 aliphatic heterocycles. The minimum Gasteiger partial charge on any atom is -0.508 e. The van der Waals surface area contributed by atoms with Crippen molar-refractivity contribution in [3.05, 3.63) is 62.4 Å². The Morgan fingerprint density at radius 2 is 1.89 bits per heavy atom. The smallest absolute Gasteiger partial charge is 0.328 e. The Kier molecular flexibility index (Phi) is 3.32. The molecule has 0 amide bonds. The predicted octanol–water partition coefficient (Wildman–Crippen LogP) is 0.853. The first-order valence-corrected chi connectivity index (χ1v) is 5.70. The van der Waals surface area contributed by atoms with Crippen LogP contribution in [0, 0.1) is 0 Å². The summed E-state index contributed by atoms with van der Waals surface area (Å²) < 4.78 is 1.45. The molecule has 1 aromatic heterocycles. The molecule has 1 heterocycles. The van der Waals surface area contributed by atoms with Crippen molar-refractivity contribution in [2.45, 2.75) is 19.9 Å². The van der Waals surface area contributed by atoms with E-state index in [-0.39, 0.29) is 11.3 Å². The van der Waals surface area contributed by atoms with Gasteiger partial charge in [-0.05, 0) is 24.1 Å². The average Bonchev–Trinajstić information content (AvgIpc) is 2.35. The molecule has 0 fully saturated rings. The van der Waals surface area contributed by atoms with E-state index < -0.39 is 5.69 Å². The van der Waals surface area contributed by atoms with Crippen LogP contribution in [0.25, 0.3) is 0 Å². The zero-order valence-electron chi connectivity index (χ0n) is 10.0. The Labute approximate surface area is 103 Å². The van der Waals surface area contributed by atoms with E-state index in [1.165, 1.54) is 4.57 Å². The normalized spacial score (nSPS) is 10.5. The quantitative estimate of drug-likeness (QED) is 0.843. The van der Waals surface area contributed by atoms with Gasteiger partial charge in [-0.3, -0.25) is 14.3 Å². The number of aromatic nitrogens is 2. The number of aromatic hydroxyl groups is 1. The Morgan fingerprint density at radius 3 is 2.50 bits per heavy atom. The third-order valence-electron chi connectivity index (χ3n) is 2.75. The van der Waals surface area contributed by atoms with Gasteiger partial charge in [0, 0.05) is 11.8 Å². The summed E-state index contributed by atoms with van der Waals surface area (Å²) in [6.45, 7) is 2.23. The highest BCUT2D eigenvalue weighted by molar-refractivity contribution is 5.26. The Hall–Kier alpha value is -2.30. The van der Waals surface area contributed by atoms with Crippen LogP contribution in [0.2, 0.25) is 0 Å².